The molecule has 2 aromatic heterocycles. The van der Waals surface area contributed by atoms with Gasteiger partial charge >= 0.3 is 5.97 Å². The lowest BCUT2D eigenvalue weighted by Crippen LogP contribution is -2.19. The Morgan fingerprint density at radius 3 is 2.74 bits per heavy atom. The summed E-state index contributed by atoms with van der Waals surface area (Å²) in [5.41, 5.74) is 3.06. The standard InChI is InChI=1S/C23H22N2O5S/c1-29-21-14(18-10-12-4-3-5-17(24-30-2)22(12)31-18)8-9-15-19(21)25(13-6-7-13)11-16(20(15)26)23(27)28/h8-11,13H,3-7H2,1-2H3,(H,27,28)/b24-17+. The molecule has 0 radical (unpaired) electrons. The summed E-state index contributed by atoms with van der Waals surface area (Å²) in [5, 5.41) is 14.1. The van der Waals surface area contributed by atoms with Crippen molar-refractivity contribution in [2.75, 3.05) is 14.2 Å². The number of carbonyl (C=O) groups is 1. The Hall–Kier alpha value is -3.13. The predicted molar refractivity (Wildman–Crippen MR) is 120 cm³/mol. The first-order chi connectivity index (χ1) is 15.0. The molecule has 2 aliphatic carbocycles. The summed E-state index contributed by atoms with van der Waals surface area (Å²) in [6.07, 6.45) is 6.27. The minimum Gasteiger partial charge on any atom is -0.494 e. The fraction of sp³-hybridized carbons (Fsp3) is 0.348. The Balaban J connectivity index is 1.76. The number of aromatic carboxylic acids is 1. The molecule has 8 heteroatoms. The SMILES string of the molecule is CO/N=C1\CCCc2cc(-c3ccc4c(=O)c(C(=O)O)cn(C5CC5)c4c3OC)sc21. The Bertz CT molecular complexity index is 1300. The summed E-state index contributed by atoms with van der Waals surface area (Å²) in [7, 11) is 3.15. The van der Waals surface area contributed by atoms with Crippen molar-refractivity contribution in [1.29, 1.82) is 0 Å². The van der Waals surface area contributed by atoms with Gasteiger partial charge in [0.25, 0.3) is 0 Å². The van der Waals surface area contributed by atoms with E-state index in [-0.39, 0.29) is 11.6 Å². The molecule has 5 rings (SSSR count). The first-order valence-corrected chi connectivity index (χ1v) is 11.1. The minimum absolute atomic E-state index is 0.183. The third-order valence-corrected chi connectivity index (χ3v) is 7.18. The van der Waals surface area contributed by atoms with Gasteiger partial charge in [-0.05, 0) is 55.9 Å². The molecule has 1 fully saturated rings. The van der Waals surface area contributed by atoms with Gasteiger partial charge in [0.1, 0.15) is 12.7 Å². The van der Waals surface area contributed by atoms with E-state index in [0.717, 1.165) is 53.1 Å². The first-order valence-electron chi connectivity index (χ1n) is 10.3. The summed E-state index contributed by atoms with van der Waals surface area (Å²) in [6.45, 7) is 0. The van der Waals surface area contributed by atoms with Gasteiger partial charge in [-0.25, -0.2) is 4.79 Å². The maximum atomic E-state index is 12.9. The molecule has 0 atom stereocenters. The normalized spacial score (nSPS) is 17.0. The molecule has 2 heterocycles. The number of aryl methyl sites for hydroxylation is 1. The van der Waals surface area contributed by atoms with E-state index < -0.39 is 11.4 Å². The van der Waals surface area contributed by atoms with Gasteiger partial charge in [-0.1, -0.05) is 5.16 Å². The monoisotopic (exact) mass is 438 g/mol. The number of methoxy groups -OCH3 is 1. The second kappa shape index (κ2) is 7.53. The van der Waals surface area contributed by atoms with Crippen LogP contribution in [0.5, 0.6) is 5.75 Å². The van der Waals surface area contributed by atoms with E-state index in [2.05, 4.69) is 11.2 Å². The van der Waals surface area contributed by atoms with Crippen LogP contribution in [0.1, 0.15) is 52.5 Å². The van der Waals surface area contributed by atoms with Gasteiger partial charge < -0.3 is 19.2 Å². The molecule has 160 valence electrons. The van der Waals surface area contributed by atoms with Crippen molar-refractivity contribution in [1.82, 2.24) is 4.57 Å². The molecule has 3 aromatic rings. The van der Waals surface area contributed by atoms with Gasteiger partial charge in [0, 0.05) is 22.7 Å². The van der Waals surface area contributed by atoms with Crippen molar-refractivity contribution in [2.45, 2.75) is 38.1 Å². The van der Waals surface area contributed by atoms with Gasteiger partial charge in [-0.2, -0.15) is 0 Å². The molecule has 0 spiro atoms. The molecule has 1 aromatic carbocycles. The van der Waals surface area contributed by atoms with E-state index in [4.69, 9.17) is 9.57 Å². The van der Waals surface area contributed by atoms with E-state index >= 15 is 0 Å². The van der Waals surface area contributed by atoms with Crippen LogP contribution in [0.15, 0.2) is 34.3 Å². The van der Waals surface area contributed by atoms with E-state index in [1.54, 1.807) is 31.6 Å². The van der Waals surface area contributed by atoms with Crippen LogP contribution in [-0.4, -0.2) is 35.6 Å². The van der Waals surface area contributed by atoms with E-state index in [0.29, 0.717) is 16.7 Å². The van der Waals surface area contributed by atoms with Crippen molar-refractivity contribution in [3.05, 3.63) is 50.6 Å². The Kier molecular flexibility index (Phi) is 4.81. The molecule has 2 aliphatic rings. The zero-order chi connectivity index (χ0) is 21.7. The smallest absolute Gasteiger partial charge is 0.341 e. The molecule has 0 aliphatic heterocycles. The zero-order valence-electron chi connectivity index (χ0n) is 17.3. The van der Waals surface area contributed by atoms with Crippen molar-refractivity contribution in [2.24, 2.45) is 5.16 Å². The zero-order valence-corrected chi connectivity index (χ0v) is 18.1. The van der Waals surface area contributed by atoms with Crippen LogP contribution in [0.4, 0.5) is 0 Å². The van der Waals surface area contributed by atoms with E-state index in [9.17, 15) is 14.7 Å². The number of thiophene rings is 1. The molecule has 31 heavy (non-hydrogen) atoms. The van der Waals surface area contributed by atoms with Gasteiger partial charge in [0.15, 0.2) is 5.75 Å². The van der Waals surface area contributed by atoms with E-state index in [1.807, 2.05) is 10.6 Å². The van der Waals surface area contributed by atoms with E-state index in [1.165, 1.54) is 11.8 Å². The maximum absolute atomic E-state index is 12.9. The number of pyridine rings is 1. The number of rotatable bonds is 5. The second-order valence-corrected chi connectivity index (χ2v) is 8.95. The highest BCUT2D eigenvalue weighted by atomic mass is 32.1. The molecule has 0 saturated heterocycles. The minimum atomic E-state index is -1.21. The van der Waals surface area contributed by atoms with Gasteiger partial charge in [-0.15, -0.1) is 11.3 Å². The molecule has 7 nitrogen and oxygen atoms in total. The maximum Gasteiger partial charge on any atom is 0.341 e. The Morgan fingerprint density at radius 2 is 2.06 bits per heavy atom. The third-order valence-electron chi connectivity index (χ3n) is 5.92. The van der Waals surface area contributed by atoms with Crippen LogP contribution in [0.3, 0.4) is 0 Å². The quantitative estimate of drug-likeness (QED) is 0.594. The number of hydrogen-bond acceptors (Lipinski definition) is 6. The molecular weight excluding hydrogens is 416 g/mol. The van der Waals surface area contributed by atoms with Gasteiger partial charge in [-0.3, -0.25) is 4.79 Å². The highest BCUT2D eigenvalue weighted by Crippen LogP contribution is 2.45. The number of benzene rings is 1. The lowest BCUT2D eigenvalue weighted by atomic mass is 9.96. The van der Waals surface area contributed by atoms with Crippen molar-refractivity contribution < 1.29 is 19.5 Å². The number of carboxylic acids is 1. The number of nitrogens with zero attached hydrogens (tertiary/aromatic N) is 2. The summed E-state index contributed by atoms with van der Waals surface area (Å²) in [5.74, 6) is -0.609. The summed E-state index contributed by atoms with van der Waals surface area (Å²) in [4.78, 5) is 31.7. The van der Waals surface area contributed by atoms with Crippen LogP contribution in [0, 0.1) is 0 Å². The summed E-state index contributed by atoms with van der Waals surface area (Å²) < 4.78 is 7.75. The number of ether oxygens (including phenoxy) is 1. The third kappa shape index (κ3) is 3.22. The van der Waals surface area contributed by atoms with Crippen LogP contribution in [0.25, 0.3) is 21.3 Å². The van der Waals surface area contributed by atoms with Crippen LogP contribution < -0.4 is 10.2 Å². The highest BCUT2D eigenvalue weighted by molar-refractivity contribution is 7.17. The van der Waals surface area contributed by atoms with Crippen LogP contribution in [0.2, 0.25) is 0 Å². The van der Waals surface area contributed by atoms with Gasteiger partial charge in [0.2, 0.25) is 5.43 Å². The Morgan fingerprint density at radius 1 is 1.26 bits per heavy atom. The van der Waals surface area contributed by atoms with Crippen LogP contribution >= 0.6 is 11.3 Å². The summed E-state index contributed by atoms with van der Waals surface area (Å²) in [6, 6.07) is 5.93. The molecule has 1 saturated carbocycles. The lowest BCUT2D eigenvalue weighted by molar-refractivity contribution is 0.0695. The van der Waals surface area contributed by atoms with Crippen molar-refractivity contribution >= 4 is 33.9 Å². The first kappa shape index (κ1) is 19.8. The lowest BCUT2D eigenvalue weighted by Gasteiger charge is -2.17. The fourth-order valence-electron chi connectivity index (χ4n) is 4.36. The van der Waals surface area contributed by atoms with Crippen molar-refractivity contribution in [3.8, 4) is 16.2 Å². The average molecular weight is 439 g/mol. The largest absolute Gasteiger partial charge is 0.494 e. The second-order valence-electron chi connectivity index (χ2n) is 7.90. The molecule has 0 bridgehead atoms. The number of fused-ring (bicyclic) bond motifs is 2. The number of hydrogen-bond donors (Lipinski definition) is 1. The molecule has 0 unspecified atom stereocenters. The van der Waals surface area contributed by atoms with Gasteiger partial charge in [0.05, 0.1) is 28.6 Å². The molecule has 1 N–H and O–H groups in total. The summed E-state index contributed by atoms with van der Waals surface area (Å²) >= 11 is 1.64. The number of oxime groups is 1. The average Bonchev–Trinajstić information content (AvgIpc) is 3.51. The Labute approximate surface area is 182 Å². The fourth-order valence-corrected chi connectivity index (χ4v) is 5.60. The topological polar surface area (TPSA) is 90.1 Å². The molecule has 0 amide bonds. The van der Waals surface area contributed by atoms with Crippen LogP contribution in [-0.2, 0) is 11.3 Å². The van der Waals surface area contributed by atoms with Crippen molar-refractivity contribution in [3.63, 3.8) is 0 Å². The number of carboxylic acid groups (broad SMARTS) is 1. The molecular formula is C23H22N2O5S. The highest BCUT2D eigenvalue weighted by Gasteiger charge is 2.30. The predicted octanol–water partition coefficient (Wildman–Crippen LogP) is 4.46. The number of aromatic nitrogens is 1.